The van der Waals surface area contributed by atoms with E-state index in [1.807, 2.05) is 47.2 Å². The van der Waals surface area contributed by atoms with Gasteiger partial charge in [0.15, 0.2) is 11.5 Å². The Morgan fingerprint density at radius 2 is 1.72 bits per heavy atom. The lowest BCUT2D eigenvalue weighted by Crippen LogP contribution is -2.19. The Labute approximate surface area is 169 Å². The van der Waals surface area contributed by atoms with Crippen LogP contribution in [0.5, 0.6) is 17.2 Å². The maximum atomic E-state index is 11.3. The molecular weight excluding hydrogens is 372 g/mol. The van der Waals surface area contributed by atoms with E-state index < -0.39 is 5.91 Å². The lowest BCUT2D eigenvalue weighted by molar-refractivity contribution is -0.129. The van der Waals surface area contributed by atoms with Gasteiger partial charge in [-0.15, -0.1) is 0 Å². The second-order valence-corrected chi connectivity index (χ2v) is 6.46. The summed E-state index contributed by atoms with van der Waals surface area (Å²) in [6, 6.07) is 11.7. The third kappa shape index (κ3) is 4.05. The second-order valence-electron chi connectivity index (χ2n) is 6.46. The van der Waals surface area contributed by atoms with Crippen LogP contribution in [0.15, 0.2) is 49.2 Å². The van der Waals surface area contributed by atoms with Crippen molar-refractivity contribution in [2.24, 2.45) is 0 Å². The van der Waals surface area contributed by atoms with Gasteiger partial charge < -0.3 is 18.8 Å². The zero-order valence-electron chi connectivity index (χ0n) is 16.7. The van der Waals surface area contributed by atoms with Crippen molar-refractivity contribution in [2.75, 3.05) is 21.3 Å². The number of aryl methyl sites for hydroxylation is 1. The number of hydrogen-bond donors (Lipinski definition) is 2. The summed E-state index contributed by atoms with van der Waals surface area (Å²) in [6.45, 7) is 4.72. The van der Waals surface area contributed by atoms with Crippen LogP contribution in [-0.2, 0) is 11.3 Å². The number of carbonyl (C=O) groups is 1. The number of nitrogens with zero attached hydrogens (tertiary/aromatic N) is 1. The monoisotopic (exact) mass is 396 g/mol. The van der Waals surface area contributed by atoms with E-state index in [1.54, 1.807) is 26.8 Å². The first-order valence-corrected chi connectivity index (χ1v) is 9.03. The average molecular weight is 396 g/mol. The van der Waals surface area contributed by atoms with Gasteiger partial charge in [0, 0.05) is 30.1 Å². The highest BCUT2D eigenvalue weighted by Gasteiger charge is 2.15. The standard InChI is InChI=1S/C22H24N2O5/c1-14(17-12-19(27-2)22(29-4)20(13-17)28-3)15-5-6-18-16(11-15)7-9-24(18)10-8-21(25)23-26/h5-7,9,11-13,26H,1,8,10H2,2-4H3,(H,23,25). The highest BCUT2D eigenvalue weighted by atomic mass is 16.5. The summed E-state index contributed by atoms with van der Waals surface area (Å²) in [5.41, 5.74) is 5.28. The molecule has 1 aromatic heterocycles. The van der Waals surface area contributed by atoms with Crippen molar-refractivity contribution in [3.63, 3.8) is 0 Å². The van der Waals surface area contributed by atoms with Crippen molar-refractivity contribution >= 4 is 22.4 Å². The molecule has 7 heteroatoms. The predicted molar refractivity (Wildman–Crippen MR) is 111 cm³/mol. The molecule has 7 nitrogen and oxygen atoms in total. The molecule has 0 bridgehead atoms. The Morgan fingerprint density at radius 3 is 2.31 bits per heavy atom. The van der Waals surface area contributed by atoms with Gasteiger partial charge in [0.25, 0.3) is 0 Å². The Bertz CT molecular complexity index is 1030. The number of amides is 1. The molecule has 0 fully saturated rings. The van der Waals surface area contributed by atoms with Crippen molar-refractivity contribution in [1.82, 2.24) is 10.0 Å². The summed E-state index contributed by atoms with van der Waals surface area (Å²) in [4.78, 5) is 11.3. The first kappa shape index (κ1) is 20.3. The van der Waals surface area contributed by atoms with Gasteiger partial charge in [-0.1, -0.05) is 12.6 Å². The van der Waals surface area contributed by atoms with Gasteiger partial charge in [-0.25, -0.2) is 5.48 Å². The predicted octanol–water partition coefficient (Wildman–Crippen LogP) is 3.62. The topological polar surface area (TPSA) is 82.0 Å². The Kier molecular flexibility index (Phi) is 6.09. The number of fused-ring (bicyclic) bond motifs is 1. The average Bonchev–Trinajstić information content (AvgIpc) is 3.17. The third-order valence-electron chi connectivity index (χ3n) is 4.84. The fourth-order valence-corrected chi connectivity index (χ4v) is 3.28. The summed E-state index contributed by atoms with van der Waals surface area (Å²) in [7, 11) is 4.73. The van der Waals surface area contributed by atoms with E-state index in [0.29, 0.717) is 23.8 Å². The SMILES string of the molecule is C=C(c1cc(OC)c(OC)c(OC)c1)c1ccc2c(ccn2CCC(=O)NO)c1. The number of ether oxygens (including phenoxy) is 3. The molecule has 2 N–H and O–H groups in total. The second kappa shape index (κ2) is 8.70. The maximum Gasteiger partial charge on any atom is 0.245 e. The van der Waals surface area contributed by atoms with Crippen LogP contribution in [0.4, 0.5) is 0 Å². The van der Waals surface area contributed by atoms with Crippen LogP contribution in [0.3, 0.4) is 0 Å². The number of nitrogens with one attached hydrogen (secondary N) is 1. The molecule has 0 radical (unpaired) electrons. The van der Waals surface area contributed by atoms with E-state index >= 15 is 0 Å². The zero-order valence-corrected chi connectivity index (χ0v) is 16.7. The first-order chi connectivity index (χ1) is 14.0. The lowest BCUT2D eigenvalue weighted by atomic mass is 9.97. The van der Waals surface area contributed by atoms with Crippen molar-refractivity contribution in [2.45, 2.75) is 13.0 Å². The minimum Gasteiger partial charge on any atom is -0.493 e. The van der Waals surface area contributed by atoms with Crippen LogP contribution in [-0.4, -0.2) is 37.0 Å². The van der Waals surface area contributed by atoms with Crippen LogP contribution in [0.1, 0.15) is 17.5 Å². The molecule has 3 rings (SSSR count). The van der Waals surface area contributed by atoms with Gasteiger partial charge in [0.2, 0.25) is 11.7 Å². The van der Waals surface area contributed by atoms with E-state index in [-0.39, 0.29) is 6.42 Å². The molecule has 0 saturated heterocycles. The van der Waals surface area contributed by atoms with Crippen LogP contribution >= 0.6 is 0 Å². The number of rotatable bonds is 8. The third-order valence-corrected chi connectivity index (χ3v) is 4.84. The van der Waals surface area contributed by atoms with E-state index in [4.69, 9.17) is 19.4 Å². The Balaban J connectivity index is 1.93. The number of hydroxylamine groups is 1. The van der Waals surface area contributed by atoms with E-state index in [1.165, 1.54) is 0 Å². The van der Waals surface area contributed by atoms with Crippen LogP contribution in [0.2, 0.25) is 0 Å². The zero-order chi connectivity index (χ0) is 21.0. The number of aromatic nitrogens is 1. The molecule has 1 heterocycles. The quantitative estimate of drug-likeness (QED) is 0.449. The van der Waals surface area contributed by atoms with Crippen molar-refractivity contribution < 1.29 is 24.2 Å². The van der Waals surface area contributed by atoms with Crippen LogP contribution in [0, 0.1) is 0 Å². The lowest BCUT2D eigenvalue weighted by Gasteiger charge is -2.15. The fraction of sp³-hybridized carbons (Fsp3) is 0.227. The molecule has 0 unspecified atom stereocenters. The highest BCUT2D eigenvalue weighted by molar-refractivity contribution is 5.88. The number of benzene rings is 2. The smallest absolute Gasteiger partial charge is 0.245 e. The fourth-order valence-electron chi connectivity index (χ4n) is 3.28. The normalized spacial score (nSPS) is 10.6. The number of carbonyl (C=O) groups excluding carboxylic acids is 1. The summed E-state index contributed by atoms with van der Waals surface area (Å²) < 4.78 is 18.2. The van der Waals surface area contributed by atoms with E-state index in [2.05, 4.69) is 6.58 Å². The van der Waals surface area contributed by atoms with Gasteiger partial charge in [0.1, 0.15) is 0 Å². The molecule has 0 spiro atoms. The first-order valence-electron chi connectivity index (χ1n) is 9.03. The number of hydrogen-bond acceptors (Lipinski definition) is 5. The van der Waals surface area contributed by atoms with Crippen LogP contribution < -0.4 is 19.7 Å². The van der Waals surface area contributed by atoms with Gasteiger partial charge >= 0.3 is 0 Å². The van der Waals surface area contributed by atoms with Crippen LogP contribution in [0.25, 0.3) is 16.5 Å². The summed E-state index contributed by atoms with van der Waals surface area (Å²) in [5, 5.41) is 9.67. The van der Waals surface area contributed by atoms with Crippen molar-refractivity contribution in [3.05, 3.63) is 60.3 Å². The molecule has 1 amide bonds. The van der Waals surface area contributed by atoms with Gasteiger partial charge in [-0.05, 0) is 47.0 Å². The maximum absolute atomic E-state index is 11.3. The molecule has 0 aliphatic heterocycles. The van der Waals surface area contributed by atoms with E-state index in [0.717, 1.165) is 27.6 Å². The molecular formula is C22H24N2O5. The van der Waals surface area contributed by atoms with Gasteiger partial charge in [-0.2, -0.15) is 0 Å². The summed E-state index contributed by atoms with van der Waals surface area (Å²) in [6.07, 6.45) is 2.11. The van der Waals surface area contributed by atoms with E-state index in [9.17, 15) is 4.79 Å². The van der Waals surface area contributed by atoms with Crippen molar-refractivity contribution in [3.8, 4) is 17.2 Å². The minimum atomic E-state index is -0.417. The molecule has 152 valence electrons. The molecule has 0 aliphatic rings. The number of methoxy groups -OCH3 is 3. The molecule has 2 aromatic carbocycles. The van der Waals surface area contributed by atoms with Crippen molar-refractivity contribution in [1.29, 1.82) is 0 Å². The van der Waals surface area contributed by atoms with Gasteiger partial charge in [0.05, 0.1) is 21.3 Å². The molecule has 0 atom stereocenters. The molecule has 3 aromatic rings. The summed E-state index contributed by atoms with van der Waals surface area (Å²) >= 11 is 0. The Hall–Kier alpha value is -3.45. The largest absolute Gasteiger partial charge is 0.493 e. The molecule has 0 saturated carbocycles. The van der Waals surface area contributed by atoms with Gasteiger partial charge in [-0.3, -0.25) is 10.0 Å². The Morgan fingerprint density at radius 1 is 1.03 bits per heavy atom. The highest BCUT2D eigenvalue weighted by Crippen LogP contribution is 2.40. The molecule has 29 heavy (non-hydrogen) atoms. The minimum absolute atomic E-state index is 0.195. The summed E-state index contributed by atoms with van der Waals surface area (Å²) in [5.74, 6) is 1.25. The molecule has 0 aliphatic carbocycles.